The number of fused-ring (bicyclic) bond motifs is 1. The number of esters is 1. The largest absolute Gasteiger partial charge is 0.466 e. The zero-order valence-corrected chi connectivity index (χ0v) is 14.4. The van der Waals surface area contributed by atoms with Crippen LogP contribution in [0.5, 0.6) is 0 Å². The maximum absolute atomic E-state index is 11.8. The first-order chi connectivity index (χ1) is 10.4. The van der Waals surface area contributed by atoms with E-state index in [-0.39, 0.29) is 22.9 Å². The van der Waals surface area contributed by atoms with Crippen molar-refractivity contribution in [2.24, 2.45) is 17.3 Å². The Kier molecular flexibility index (Phi) is 5.33. The number of carbonyl (C=O) groups excluding carboxylic acids is 1. The van der Waals surface area contributed by atoms with E-state index in [0.29, 0.717) is 18.3 Å². The van der Waals surface area contributed by atoms with Crippen LogP contribution >= 0.6 is 0 Å². The molecule has 126 valence electrons. The van der Waals surface area contributed by atoms with E-state index in [0.717, 1.165) is 25.7 Å². The number of ether oxygens (including phenoxy) is 3. The molecule has 2 rings (SSSR count). The third-order valence-electron chi connectivity index (χ3n) is 6.03. The molecule has 22 heavy (non-hydrogen) atoms. The van der Waals surface area contributed by atoms with Gasteiger partial charge in [-0.05, 0) is 56.3 Å². The fourth-order valence-corrected chi connectivity index (χ4v) is 4.65. The van der Waals surface area contributed by atoms with Crippen LogP contribution in [-0.2, 0) is 19.0 Å². The summed E-state index contributed by atoms with van der Waals surface area (Å²) in [5.74, 6) is 0.349. The fraction of sp³-hybridized carbons (Fsp3) is 0.833. The minimum atomic E-state index is -0.274. The predicted octanol–water partition coefficient (Wildman–Crippen LogP) is 3.70. The van der Waals surface area contributed by atoms with Gasteiger partial charge in [0.2, 0.25) is 0 Å². The lowest BCUT2D eigenvalue weighted by molar-refractivity contribution is -0.199. The van der Waals surface area contributed by atoms with E-state index >= 15 is 0 Å². The summed E-state index contributed by atoms with van der Waals surface area (Å²) in [7, 11) is 3.08. The first kappa shape index (κ1) is 17.5. The topological polar surface area (TPSA) is 44.8 Å². The number of hydrogen-bond acceptors (Lipinski definition) is 4. The molecule has 0 heterocycles. The Bertz CT molecular complexity index is 433. The molecule has 4 heteroatoms. The van der Waals surface area contributed by atoms with Crippen molar-refractivity contribution >= 4 is 5.97 Å². The normalized spacial score (nSPS) is 38.2. The van der Waals surface area contributed by atoms with Crippen molar-refractivity contribution in [3.63, 3.8) is 0 Å². The second kappa shape index (κ2) is 6.71. The van der Waals surface area contributed by atoms with Crippen molar-refractivity contribution in [2.75, 3.05) is 21.0 Å². The Morgan fingerprint density at radius 1 is 1.23 bits per heavy atom. The van der Waals surface area contributed by atoms with Crippen LogP contribution in [0.15, 0.2) is 12.2 Å². The van der Waals surface area contributed by atoms with Crippen molar-refractivity contribution in [1.82, 2.24) is 0 Å². The van der Waals surface area contributed by atoms with Gasteiger partial charge in [0.25, 0.3) is 0 Å². The van der Waals surface area contributed by atoms with Gasteiger partial charge < -0.3 is 14.2 Å². The highest BCUT2D eigenvalue weighted by Gasteiger charge is 2.52. The SMILES string of the molecule is C=C(C(=O)OC)[C@@H]1CC[C@@]2(C)CCC[C@@](C)(OCOC)[C@@H]2C1. The average Bonchev–Trinajstić information content (AvgIpc) is 2.51. The van der Waals surface area contributed by atoms with E-state index in [9.17, 15) is 4.79 Å². The van der Waals surface area contributed by atoms with Gasteiger partial charge in [0, 0.05) is 12.7 Å². The molecule has 0 saturated heterocycles. The van der Waals surface area contributed by atoms with E-state index in [2.05, 4.69) is 20.4 Å². The molecule has 0 aromatic carbocycles. The second-order valence-electron chi connectivity index (χ2n) is 7.41. The minimum Gasteiger partial charge on any atom is -0.466 e. The summed E-state index contributed by atoms with van der Waals surface area (Å²) in [5.41, 5.74) is 0.718. The van der Waals surface area contributed by atoms with E-state index < -0.39 is 0 Å². The lowest BCUT2D eigenvalue weighted by Crippen LogP contribution is -2.53. The Balaban J connectivity index is 2.18. The minimum absolute atomic E-state index is 0.182. The lowest BCUT2D eigenvalue weighted by atomic mass is 9.53. The van der Waals surface area contributed by atoms with E-state index in [4.69, 9.17) is 14.2 Å². The molecule has 0 spiro atoms. The Hall–Kier alpha value is -0.870. The van der Waals surface area contributed by atoms with E-state index in [1.54, 1.807) is 7.11 Å². The monoisotopic (exact) mass is 310 g/mol. The molecule has 0 radical (unpaired) electrons. The van der Waals surface area contributed by atoms with Gasteiger partial charge in [-0.25, -0.2) is 4.79 Å². The number of rotatable bonds is 5. The second-order valence-corrected chi connectivity index (χ2v) is 7.41. The van der Waals surface area contributed by atoms with Crippen molar-refractivity contribution in [2.45, 2.75) is 58.0 Å². The van der Waals surface area contributed by atoms with Crippen LogP contribution in [-0.4, -0.2) is 32.6 Å². The van der Waals surface area contributed by atoms with E-state index in [1.165, 1.54) is 20.0 Å². The summed E-state index contributed by atoms with van der Waals surface area (Å²) >= 11 is 0. The molecule has 4 nitrogen and oxygen atoms in total. The Morgan fingerprint density at radius 3 is 2.59 bits per heavy atom. The van der Waals surface area contributed by atoms with Gasteiger partial charge in [0.05, 0.1) is 12.7 Å². The fourth-order valence-electron chi connectivity index (χ4n) is 4.65. The first-order valence-electron chi connectivity index (χ1n) is 8.26. The van der Waals surface area contributed by atoms with Gasteiger partial charge in [-0.1, -0.05) is 19.9 Å². The summed E-state index contributed by atoms with van der Waals surface area (Å²) < 4.78 is 16.1. The third-order valence-corrected chi connectivity index (χ3v) is 6.03. The predicted molar refractivity (Wildman–Crippen MR) is 85.3 cm³/mol. The standard InChI is InChI=1S/C18H30O4/c1-13(16(19)21-5)14-7-10-17(2)8-6-9-18(3,15(17)11-14)22-12-20-4/h14-15H,1,6-12H2,2-5H3/t14-,15-,17-,18-/m1/s1. The Morgan fingerprint density at radius 2 is 1.95 bits per heavy atom. The number of carbonyl (C=O) groups is 1. The molecular formula is C18H30O4. The molecule has 0 N–H and O–H groups in total. The zero-order chi connectivity index (χ0) is 16.4. The molecule has 2 aliphatic rings. The van der Waals surface area contributed by atoms with Crippen molar-refractivity contribution in [3.05, 3.63) is 12.2 Å². The van der Waals surface area contributed by atoms with Crippen LogP contribution in [0.4, 0.5) is 0 Å². The lowest BCUT2D eigenvalue weighted by Gasteiger charge is -2.55. The molecule has 0 aromatic rings. The molecule has 2 fully saturated rings. The van der Waals surface area contributed by atoms with Crippen LogP contribution < -0.4 is 0 Å². The summed E-state index contributed by atoms with van der Waals surface area (Å²) in [4.78, 5) is 11.8. The van der Waals surface area contributed by atoms with Gasteiger partial charge in [0.1, 0.15) is 6.79 Å². The van der Waals surface area contributed by atoms with Gasteiger partial charge in [-0.15, -0.1) is 0 Å². The van der Waals surface area contributed by atoms with Crippen molar-refractivity contribution in [1.29, 1.82) is 0 Å². The first-order valence-corrected chi connectivity index (χ1v) is 8.26. The van der Waals surface area contributed by atoms with Crippen LogP contribution in [0, 0.1) is 17.3 Å². The van der Waals surface area contributed by atoms with E-state index in [1.807, 2.05) is 0 Å². The highest BCUT2D eigenvalue weighted by Crippen LogP contribution is 2.57. The molecule has 0 bridgehead atoms. The summed E-state index contributed by atoms with van der Waals surface area (Å²) in [6, 6.07) is 0. The molecular weight excluding hydrogens is 280 g/mol. The van der Waals surface area contributed by atoms with Gasteiger partial charge in [-0.2, -0.15) is 0 Å². The summed E-state index contributed by atoms with van der Waals surface area (Å²) in [6.07, 6.45) is 6.56. The van der Waals surface area contributed by atoms with Crippen LogP contribution in [0.3, 0.4) is 0 Å². The summed E-state index contributed by atoms with van der Waals surface area (Å²) in [5, 5.41) is 0. The van der Waals surface area contributed by atoms with Crippen LogP contribution in [0.1, 0.15) is 52.4 Å². The summed E-state index contributed by atoms with van der Waals surface area (Å²) in [6.45, 7) is 8.89. The maximum atomic E-state index is 11.8. The zero-order valence-electron chi connectivity index (χ0n) is 14.4. The highest BCUT2D eigenvalue weighted by molar-refractivity contribution is 5.88. The molecule has 0 unspecified atom stereocenters. The van der Waals surface area contributed by atoms with Gasteiger partial charge in [-0.3, -0.25) is 0 Å². The van der Waals surface area contributed by atoms with Gasteiger partial charge in [0.15, 0.2) is 0 Å². The number of methoxy groups -OCH3 is 2. The molecule has 2 saturated carbocycles. The number of hydrogen-bond donors (Lipinski definition) is 0. The maximum Gasteiger partial charge on any atom is 0.333 e. The third kappa shape index (κ3) is 3.23. The molecule has 0 amide bonds. The highest BCUT2D eigenvalue weighted by atomic mass is 16.7. The van der Waals surface area contributed by atoms with Gasteiger partial charge >= 0.3 is 5.97 Å². The molecule has 0 aromatic heterocycles. The van der Waals surface area contributed by atoms with Crippen molar-refractivity contribution in [3.8, 4) is 0 Å². The van der Waals surface area contributed by atoms with Crippen LogP contribution in [0.2, 0.25) is 0 Å². The average molecular weight is 310 g/mol. The van der Waals surface area contributed by atoms with Crippen LogP contribution in [0.25, 0.3) is 0 Å². The smallest absolute Gasteiger partial charge is 0.333 e. The molecule has 4 atom stereocenters. The van der Waals surface area contributed by atoms with Crippen molar-refractivity contribution < 1.29 is 19.0 Å². The molecule has 2 aliphatic carbocycles. The molecule has 0 aliphatic heterocycles. The Labute approximate surface area is 134 Å². The quantitative estimate of drug-likeness (QED) is 0.441.